The maximum Gasteiger partial charge on any atom is 0.138 e. The van der Waals surface area contributed by atoms with E-state index in [2.05, 4.69) is 103 Å². The van der Waals surface area contributed by atoms with E-state index in [1.807, 2.05) is 23.6 Å². The quantitative estimate of drug-likeness (QED) is 0.232. The molecule has 3 heteroatoms. The van der Waals surface area contributed by atoms with E-state index in [4.69, 9.17) is 9.40 Å². The summed E-state index contributed by atoms with van der Waals surface area (Å²) in [5, 5.41) is 5.02. The molecule has 0 amide bonds. The number of hydrogen-bond donors (Lipinski definition) is 0. The average Bonchev–Trinajstić information content (AvgIpc) is 3.38. The van der Waals surface area contributed by atoms with Crippen molar-refractivity contribution in [2.24, 2.45) is 5.92 Å². The molecule has 38 heavy (non-hydrogen) atoms. The van der Waals surface area contributed by atoms with Crippen LogP contribution in [-0.2, 0) is 11.8 Å². The van der Waals surface area contributed by atoms with Crippen molar-refractivity contribution in [1.29, 1.82) is 0 Å². The summed E-state index contributed by atoms with van der Waals surface area (Å²) in [7, 11) is 0. The first-order chi connectivity index (χ1) is 18.1. The Morgan fingerprint density at radius 1 is 0.895 bits per heavy atom. The van der Waals surface area contributed by atoms with Crippen molar-refractivity contribution in [2.75, 3.05) is 0 Å². The summed E-state index contributed by atoms with van der Waals surface area (Å²) >= 11 is 1.89. The monoisotopic (exact) mass is 517 g/mol. The highest BCUT2D eigenvalue weighted by molar-refractivity contribution is 7.19. The van der Waals surface area contributed by atoms with Gasteiger partial charge < -0.3 is 4.42 Å². The Morgan fingerprint density at radius 3 is 2.45 bits per heavy atom. The van der Waals surface area contributed by atoms with Crippen molar-refractivity contribution in [1.82, 2.24) is 4.98 Å². The molecule has 0 radical (unpaired) electrons. The van der Waals surface area contributed by atoms with E-state index in [1.54, 1.807) is 0 Å². The summed E-state index contributed by atoms with van der Waals surface area (Å²) in [6.07, 6.45) is 2.99. The molecule has 0 atom stereocenters. The Hall–Kier alpha value is -3.43. The topological polar surface area (TPSA) is 26.0 Å². The summed E-state index contributed by atoms with van der Waals surface area (Å²) in [6.45, 7) is 15.9. The first-order valence-corrected chi connectivity index (χ1v) is 14.4. The lowest BCUT2D eigenvalue weighted by molar-refractivity contribution is 0.596. The van der Waals surface area contributed by atoms with Crippen LogP contribution in [0.1, 0.15) is 56.2 Å². The minimum absolute atomic E-state index is 0.0166. The molecule has 0 aliphatic carbocycles. The van der Waals surface area contributed by atoms with Gasteiger partial charge in [0.15, 0.2) is 0 Å². The second-order valence-corrected chi connectivity index (χ2v) is 13.3. The van der Waals surface area contributed by atoms with Crippen LogP contribution in [-0.4, -0.2) is 4.98 Å². The number of pyridine rings is 1. The largest absolute Gasteiger partial charge is 0.456 e. The summed E-state index contributed by atoms with van der Waals surface area (Å²) in [6, 6.07) is 22.1. The van der Waals surface area contributed by atoms with Crippen molar-refractivity contribution >= 4 is 43.2 Å². The molecule has 2 nitrogen and oxygen atoms in total. The molecule has 0 saturated heterocycles. The predicted octanol–water partition coefficient (Wildman–Crippen LogP) is 10.6. The minimum atomic E-state index is 0.0166. The summed E-state index contributed by atoms with van der Waals surface area (Å²) in [5.74, 6) is 1.58. The van der Waals surface area contributed by atoms with Crippen LogP contribution in [0.4, 0.5) is 0 Å². The van der Waals surface area contributed by atoms with Crippen LogP contribution >= 0.6 is 11.3 Å². The van der Waals surface area contributed by atoms with E-state index in [0.717, 1.165) is 45.5 Å². The van der Waals surface area contributed by atoms with Gasteiger partial charge >= 0.3 is 0 Å². The number of rotatable bonds is 4. The maximum atomic E-state index is 6.55. The molecule has 0 saturated carbocycles. The highest BCUT2D eigenvalue weighted by atomic mass is 32.1. The highest BCUT2D eigenvalue weighted by Crippen LogP contribution is 2.42. The summed E-state index contributed by atoms with van der Waals surface area (Å²) in [4.78, 5) is 6.33. The van der Waals surface area contributed by atoms with E-state index in [1.165, 1.54) is 36.9 Å². The number of benzene rings is 3. The molecular formula is C35H35NOS. The molecule has 3 heterocycles. The lowest BCUT2D eigenvalue weighted by atomic mass is 9.82. The molecule has 0 aliphatic heterocycles. The molecule has 3 aromatic heterocycles. The molecule has 0 unspecified atom stereocenters. The molecule has 0 bridgehead atoms. The molecule has 6 aromatic rings. The Morgan fingerprint density at radius 2 is 1.68 bits per heavy atom. The molecule has 192 valence electrons. The molecule has 3 aromatic carbocycles. The van der Waals surface area contributed by atoms with Crippen LogP contribution < -0.4 is 0 Å². The van der Waals surface area contributed by atoms with Crippen LogP contribution in [0, 0.1) is 19.8 Å². The van der Waals surface area contributed by atoms with Gasteiger partial charge in [-0.05, 0) is 83.2 Å². The van der Waals surface area contributed by atoms with Gasteiger partial charge in [-0.3, -0.25) is 4.98 Å². The van der Waals surface area contributed by atoms with Gasteiger partial charge in [0.25, 0.3) is 0 Å². The van der Waals surface area contributed by atoms with E-state index in [0.29, 0.717) is 5.92 Å². The zero-order valence-corrected chi connectivity index (χ0v) is 24.2. The number of aromatic nitrogens is 1. The SMILES string of the molecule is Cc1sc2cc(-c3oc4ccnc(-c5cc(C(C)(C)C)c6ccccc6c5)c4c3C)ccc2c1CC(C)C. The van der Waals surface area contributed by atoms with Crippen LogP contribution in [0.15, 0.2) is 71.3 Å². The number of thiophene rings is 1. The number of aryl methyl sites for hydroxylation is 2. The second kappa shape index (κ2) is 9.10. The normalized spacial score (nSPS) is 12.4. The van der Waals surface area contributed by atoms with Gasteiger partial charge in [-0.1, -0.05) is 71.0 Å². The smallest absolute Gasteiger partial charge is 0.138 e. The van der Waals surface area contributed by atoms with Crippen molar-refractivity contribution in [3.63, 3.8) is 0 Å². The zero-order valence-electron chi connectivity index (χ0n) is 23.4. The van der Waals surface area contributed by atoms with E-state index >= 15 is 0 Å². The molecule has 0 N–H and O–H groups in total. The minimum Gasteiger partial charge on any atom is -0.456 e. The molecule has 0 aliphatic rings. The van der Waals surface area contributed by atoms with Gasteiger partial charge in [-0.25, -0.2) is 0 Å². The fraction of sp³-hybridized carbons (Fsp3) is 0.286. The van der Waals surface area contributed by atoms with Crippen molar-refractivity contribution in [2.45, 2.75) is 60.3 Å². The van der Waals surface area contributed by atoms with E-state index in [9.17, 15) is 0 Å². The summed E-state index contributed by atoms with van der Waals surface area (Å²) < 4.78 is 7.88. The standard InChI is InChI=1S/C35H35NOS/c1-20(2)16-28-22(4)38-31-19-24(12-13-27(28)31)34-21(3)32-30(37-34)14-15-36-33(32)25-17-23-10-8-9-11-26(23)29(18-25)35(5,6)7/h8-15,17-20H,16H2,1-7H3. The van der Waals surface area contributed by atoms with Gasteiger partial charge in [-0.15, -0.1) is 11.3 Å². The van der Waals surface area contributed by atoms with Gasteiger partial charge in [0.1, 0.15) is 11.3 Å². The van der Waals surface area contributed by atoms with E-state index < -0.39 is 0 Å². The number of hydrogen-bond acceptors (Lipinski definition) is 3. The molecule has 0 spiro atoms. The fourth-order valence-electron chi connectivity index (χ4n) is 5.83. The van der Waals surface area contributed by atoms with Crippen molar-refractivity contribution in [3.05, 3.63) is 88.4 Å². The molecule has 0 fully saturated rings. The number of furan rings is 1. The third kappa shape index (κ3) is 4.14. The van der Waals surface area contributed by atoms with Gasteiger partial charge in [0.2, 0.25) is 0 Å². The van der Waals surface area contributed by atoms with Crippen LogP contribution in [0.25, 0.3) is 54.4 Å². The Balaban J connectivity index is 1.53. The number of nitrogens with zero attached hydrogens (tertiary/aromatic N) is 1. The van der Waals surface area contributed by atoms with Gasteiger partial charge in [-0.2, -0.15) is 0 Å². The fourth-order valence-corrected chi connectivity index (χ4v) is 6.96. The van der Waals surface area contributed by atoms with Crippen LogP contribution in [0.2, 0.25) is 0 Å². The Bertz CT molecular complexity index is 1830. The second-order valence-electron chi connectivity index (χ2n) is 12.0. The number of fused-ring (bicyclic) bond motifs is 3. The Kier molecular flexibility index (Phi) is 5.96. The molecule has 6 rings (SSSR count). The lowest BCUT2D eigenvalue weighted by Gasteiger charge is -2.22. The first-order valence-electron chi connectivity index (χ1n) is 13.6. The third-order valence-electron chi connectivity index (χ3n) is 7.65. The highest BCUT2D eigenvalue weighted by Gasteiger charge is 2.22. The molecular weight excluding hydrogens is 482 g/mol. The maximum absolute atomic E-state index is 6.55. The summed E-state index contributed by atoms with van der Waals surface area (Å²) in [5.41, 5.74) is 8.12. The van der Waals surface area contributed by atoms with Crippen LogP contribution in [0.3, 0.4) is 0 Å². The average molecular weight is 518 g/mol. The Labute approximate surface area is 229 Å². The first kappa shape index (κ1) is 24.9. The lowest BCUT2D eigenvalue weighted by Crippen LogP contribution is -2.12. The van der Waals surface area contributed by atoms with Crippen molar-refractivity contribution in [3.8, 4) is 22.6 Å². The van der Waals surface area contributed by atoms with E-state index in [-0.39, 0.29) is 5.41 Å². The van der Waals surface area contributed by atoms with Gasteiger partial charge in [0.05, 0.1) is 11.1 Å². The third-order valence-corrected chi connectivity index (χ3v) is 8.76. The van der Waals surface area contributed by atoms with Crippen LogP contribution in [0.5, 0.6) is 0 Å². The zero-order chi connectivity index (χ0) is 26.8. The predicted molar refractivity (Wildman–Crippen MR) is 164 cm³/mol. The van der Waals surface area contributed by atoms with Crippen molar-refractivity contribution < 1.29 is 4.42 Å². The van der Waals surface area contributed by atoms with Gasteiger partial charge in [0, 0.05) is 32.5 Å².